The minimum atomic E-state index is -0.792. The van der Waals surface area contributed by atoms with Crippen molar-refractivity contribution in [3.8, 4) is 5.75 Å². The van der Waals surface area contributed by atoms with Crippen molar-refractivity contribution in [1.29, 1.82) is 0 Å². The van der Waals surface area contributed by atoms with Crippen LogP contribution < -0.4 is 4.74 Å². The zero-order valence-corrected chi connectivity index (χ0v) is 14.2. The van der Waals surface area contributed by atoms with Crippen molar-refractivity contribution >= 4 is 34.2 Å². The van der Waals surface area contributed by atoms with E-state index in [9.17, 15) is 10.2 Å². The summed E-state index contributed by atoms with van der Waals surface area (Å²) in [5.41, 5.74) is 1.63. The van der Waals surface area contributed by atoms with Crippen LogP contribution in [0.1, 0.15) is 5.82 Å². The Bertz CT molecular complexity index is 851. The molecule has 2 N–H and O–H groups in total. The van der Waals surface area contributed by atoms with Gasteiger partial charge in [0, 0.05) is 5.02 Å². The molecule has 0 spiro atoms. The van der Waals surface area contributed by atoms with Crippen molar-refractivity contribution in [1.82, 2.24) is 9.55 Å². The highest BCUT2D eigenvalue weighted by Gasteiger charge is 2.14. The van der Waals surface area contributed by atoms with Crippen molar-refractivity contribution in [2.75, 3.05) is 6.61 Å². The molecule has 1 unspecified atom stereocenters. The molecule has 3 rings (SSSR count). The SMILES string of the molecule is OCc1nc2ccccc2n1CC(O)COc1ccc(Cl)cc1Cl. The molecule has 0 aliphatic carbocycles. The Hall–Kier alpha value is -1.79. The van der Waals surface area contributed by atoms with Gasteiger partial charge in [0.15, 0.2) is 0 Å². The smallest absolute Gasteiger partial charge is 0.138 e. The highest BCUT2D eigenvalue weighted by Crippen LogP contribution is 2.27. The normalized spacial score (nSPS) is 12.5. The number of aliphatic hydroxyl groups excluding tert-OH is 2. The van der Waals surface area contributed by atoms with Crippen LogP contribution in [0.2, 0.25) is 10.0 Å². The van der Waals surface area contributed by atoms with Crippen LogP contribution in [0.3, 0.4) is 0 Å². The maximum Gasteiger partial charge on any atom is 0.138 e. The molecule has 7 heteroatoms. The largest absolute Gasteiger partial charge is 0.489 e. The first-order chi connectivity index (χ1) is 11.6. The Labute approximate surface area is 149 Å². The fourth-order valence-electron chi connectivity index (χ4n) is 2.49. The molecular weight excluding hydrogens is 351 g/mol. The zero-order chi connectivity index (χ0) is 17.1. The van der Waals surface area contributed by atoms with Gasteiger partial charge in [0.05, 0.1) is 22.6 Å². The molecule has 0 aliphatic rings. The van der Waals surface area contributed by atoms with E-state index < -0.39 is 6.10 Å². The van der Waals surface area contributed by atoms with E-state index in [1.807, 2.05) is 24.3 Å². The van der Waals surface area contributed by atoms with Crippen molar-refractivity contribution in [3.63, 3.8) is 0 Å². The maximum atomic E-state index is 10.3. The van der Waals surface area contributed by atoms with Gasteiger partial charge in [0.2, 0.25) is 0 Å². The summed E-state index contributed by atoms with van der Waals surface area (Å²) in [4.78, 5) is 4.35. The highest BCUT2D eigenvalue weighted by atomic mass is 35.5. The molecule has 2 aromatic carbocycles. The van der Waals surface area contributed by atoms with Crippen molar-refractivity contribution < 1.29 is 14.9 Å². The number of rotatable bonds is 6. The monoisotopic (exact) mass is 366 g/mol. The molecular formula is C17H16Cl2N2O3. The lowest BCUT2D eigenvalue weighted by Crippen LogP contribution is -2.24. The van der Waals surface area contributed by atoms with E-state index >= 15 is 0 Å². The molecule has 3 aromatic rings. The van der Waals surface area contributed by atoms with E-state index in [0.29, 0.717) is 21.6 Å². The van der Waals surface area contributed by atoms with Crippen LogP contribution in [-0.2, 0) is 13.2 Å². The Balaban J connectivity index is 1.72. The molecule has 1 atom stereocenters. The third-order valence-electron chi connectivity index (χ3n) is 3.59. The van der Waals surface area contributed by atoms with Gasteiger partial charge in [0.1, 0.15) is 30.9 Å². The molecule has 0 aliphatic heterocycles. The molecule has 24 heavy (non-hydrogen) atoms. The number of nitrogens with zero attached hydrogens (tertiary/aromatic N) is 2. The third kappa shape index (κ3) is 3.65. The van der Waals surface area contributed by atoms with Crippen molar-refractivity contribution in [2.24, 2.45) is 0 Å². The second kappa shape index (κ2) is 7.40. The van der Waals surface area contributed by atoms with Gasteiger partial charge in [0.25, 0.3) is 0 Å². The van der Waals surface area contributed by atoms with E-state index in [1.165, 1.54) is 0 Å². The summed E-state index contributed by atoms with van der Waals surface area (Å²) in [6.45, 7) is 0.103. The van der Waals surface area contributed by atoms with E-state index in [1.54, 1.807) is 22.8 Å². The van der Waals surface area contributed by atoms with Crippen LogP contribution in [0, 0.1) is 0 Å². The van der Waals surface area contributed by atoms with Gasteiger partial charge < -0.3 is 19.5 Å². The summed E-state index contributed by atoms with van der Waals surface area (Å²) >= 11 is 11.9. The molecule has 0 bridgehead atoms. The molecule has 1 aromatic heterocycles. The number of ether oxygens (including phenoxy) is 1. The van der Waals surface area contributed by atoms with E-state index in [2.05, 4.69) is 4.98 Å². The number of aliphatic hydroxyl groups is 2. The first-order valence-corrected chi connectivity index (χ1v) is 8.15. The Morgan fingerprint density at radius 1 is 1.17 bits per heavy atom. The van der Waals surface area contributed by atoms with Crippen LogP contribution in [0.25, 0.3) is 11.0 Å². The third-order valence-corrected chi connectivity index (χ3v) is 4.12. The molecule has 0 fully saturated rings. The Morgan fingerprint density at radius 2 is 1.96 bits per heavy atom. The lowest BCUT2D eigenvalue weighted by atomic mass is 10.3. The zero-order valence-electron chi connectivity index (χ0n) is 12.7. The quantitative estimate of drug-likeness (QED) is 0.702. The van der Waals surface area contributed by atoms with Gasteiger partial charge in [-0.3, -0.25) is 0 Å². The fourth-order valence-corrected chi connectivity index (χ4v) is 2.95. The standard InChI is InChI=1S/C17H16Cl2N2O3/c18-11-5-6-16(13(19)7-11)24-10-12(23)8-21-15-4-2-1-3-14(15)20-17(21)9-22/h1-7,12,22-23H,8-10H2. The maximum absolute atomic E-state index is 10.3. The molecule has 0 amide bonds. The summed E-state index contributed by atoms with van der Waals surface area (Å²) in [7, 11) is 0. The van der Waals surface area contributed by atoms with Crippen LogP contribution >= 0.6 is 23.2 Å². The lowest BCUT2D eigenvalue weighted by molar-refractivity contribution is 0.0915. The van der Waals surface area contributed by atoms with E-state index in [-0.39, 0.29) is 19.8 Å². The van der Waals surface area contributed by atoms with Gasteiger partial charge >= 0.3 is 0 Å². The van der Waals surface area contributed by atoms with Crippen molar-refractivity contribution in [3.05, 3.63) is 58.3 Å². The van der Waals surface area contributed by atoms with Gasteiger partial charge in [-0.05, 0) is 30.3 Å². The Morgan fingerprint density at radius 3 is 2.71 bits per heavy atom. The molecule has 5 nitrogen and oxygen atoms in total. The lowest BCUT2D eigenvalue weighted by Gasteiger charge is -2.15. The summed E-state index contributed by atoms with van der Waals surface area (Å²) in [5.74, 6) is 0.956. The molecule has 126 valence electrons. The van der Waals surface area contributed by atoms with Gasteiger partial charge in [-0.1, -0.05) is 35.3 Å². The van der Waals surface area contributed by atoms with E-state index in [0.717, 1.165) is 11.0 Å². The first kappa shape index (κ1) is 17.0. The Kier molecular flexibility index (Phi) is 5.26. The van der Waals surface area contributed by atoms with Crippen LogP contribution in [0.15, 0.2) is 42.5 Å². The second-order valence-electron chi connectivity index (χ2n) is 5.33. The second-order valence-corrected chi connectivity index (χ2v) is 6.17. The number of imidazole rings is 1. The molecule has 0 saturated heterocycles. The van der Waals surface area contributed by atoms with Gasteiger partial charge in [-0.25, -0.2) is 4.98 Å². The van der Waals surface area contributed by atoms with Gasteiger partial charge in [-0.15, -0.1) is 0 Å². The van der Waals surface area contributed by atoms with E-state index in [4.69, 9.17) is 27.9 Å². The minimum Gasteiger partial charge on any atom is -0.489 e. The minimum absolute atomic E-state index is 0.0543. The summed E-state index contributed by atoms with van der Waals surface area (Å²) in [6.07, 6.45) is -0.792. The number of para-hydroxylation sites is 2. The van der Waals surface area contributed by atoms with Crippen LogP contribution in [0.5, 0.6) is 5.75 Å². The summed E-state index contributed by atoms with van der Waals surface area (Å²) in [5, 5.41) is 20.7. The van der Waals surface area contributed by atoms with Gasteiger partial charge in [-0.2, -0.15) is 0 Å². The predicted octanol–water partition coefficient (Wildman–Crippen LogP) is 3.28. The van der Waals surface area contributed by atoms with Crippen molar-refractivity contribution in [2.45, 2.75) is 19.3 Å². The highest BCUT2D eigenvalue weighted by molar-refractivity contribution is 6.35. The number of hydrogen-bond donors (Lipinski definition) is 2. The number of halogens is 2. The summed E-state index contributed by atoms with van der Waals surface area (Å²) < 4.78 is 7.34. The molecule has 0 radical (unpaired) electrons. The fraction of sp³-hybridized carbons (Fsp3) is 0.235. The number of benzene rings is 2. The number of aromatic nitrogens is 2. The average Bonchev–Trinajstić information content (AvgIpc) is 2.92. The topological polar surface area (TPSA) is 67.5 Å². The molecule has 0 saturated carbocycles. The first-order valence-electron chi connectivity index (χ1n) is 7.39. The number of fused-ring (bicyclic) bond motifs is 1. The average molecular weight is 367 g/mol. The summed E-state index contributed by atoms with van der Waals surface area (Å²) in [6, 6.07) is 12.4. The van der Waals surface area contributed by atoms with Crippen LogP contribution in [-0.4, -0.2) is 32.5 Å². The number of hydrogen-bond acceptors (Lipinski definition) is 4. The van der Waals surface area contributed by atoms with Crippen LogP contribution in [0.4, 0.5) is 0 Å². The molecule has 1 heterocycles. The predicted molar refractivity (Wildman–Crippen MR) is 93.6 cm³/mol.